The monoisotopic (exact) mass is 501 g/mol. The Hall–Kier alpha value is -1.51. The van der Waals surface area contributed by atoms with Crippen LogP contribution in [0.1, 0.15) is 29.7 Å². The SMILES string of the molecule is CN=C(NCC(OC)c1cccc(Cl)c1)NC1CCOc2ccccc21.I. The van der Waals surface area contributed by atoms with E-state index in [4.69, 9.17) is 21.1 Å². The van der Waals surface area contributed by atoms with Crippen molar-refractivity contribution < 1.29 is 9.47 Å². The average molecular weight is 502 g/mol. The molecular formula is C20H25ClIN3O2. The fourth-order valence-corrected chi connectivity index (χ4v) is 3.28. The third-order valence-corrected chi connectivity index (χ3v) is 4.69. The smallest absolute Gasteiger partial charge is 0.191 e. The fraction of sp³-hybridized carbons (Fsp3) is 0.350. The van der Waals surface area contributed by atoms with Crippen LogP contribution in [0.3, 0.4) is 0 Å². The van der Waals surface area contributed by atoms with E-state index < -0.39 is 0 Å². The van der Waals surface area contributed by atoms with Gasteiger partial charge >= 0.3 is 0 Å². The van der Waals surface area contributed by atoms with Crippen molar-refractivity contribution >= 4 is 41.5 Å². The van der Waals surface area contributed by atoms with Crippen LogP contribution < -0.4 is 15.4 Å². The number of hydrogen-bond donors (Lipinski definition) is 2. The normalized spacial score (nSPS) is 17.1. The average Bonchev–Trinajstić information content (AvgIpc) is 2.67. The van der Waals surface area contributed by atoms with Crippen LogP contribution in [-0.4, -0.2) is 33.3 Å². The van der Waals surface area contributed by atoms with Crippen LogP contribution in [0.5, 0.6) is 5.75 Å². The Bertz CT molecular complexity index is 772. The number of nitrogens with one attached hydrogen (secondary N) is 2. The second-order valence-corrected chi connectivity index (χ2v) is 6.54. The summed E-state index contributed by atoms with van der Waals surface area (Å²) in [5.41, 5.74) is 2.18. The molecule has 0 bridgehead atoms. The summed E-state index contributed by atoms with van der Waals surface area (Å²) in [7, 11) is 3.46. The molecule has 2 N–H and O–H groups in total. The minimum atomic E-state index is -0.116. The van der Waals surface area contributed by atoms with E-state index in [9.17, 15) is 0 Å². The molecule has 2 atom stereocenters. The zero-order valence-electron chi connectivity index (χ0n) is 15.4. The highest BCUT2D eigenvalue weighted by atomic mass is 127. The highest BCUT2D eigenvalue weighted by molar-refractivity contribution is 14.0. The Balaban J connectivity index is 0.00000261. The Labute approximate surface area is 182 Å². The van der Waals surface area contributed by atoms with Gasteiger partial charge in [0.2, 0.25) is 0 Å². The van der Waals surface area contributed by atoms with E-state index in [1.54, 1.807) is 14.2 Å². The van der Waals surface area contributed by atoms with Crippen LogP contribution in [-0.2, 0) is 4.74 Å². The molecule has 0 radical (unpaired) electrons. The molecule has 0 saturated heterocycles. The lowest BCUT2D eigenvalue weighted by atomic mass is 10.0. The number of ether oxygens (including phenoxy) is 2. The Kier molecular flexibility index (Phi) is 8.66. The van der Waals surface area contributed by atoms with Crippen LogP contribution in [0.25, 0.3) is 0 Å². The lowest BCUT2D eigenvalue weighted by Gasteiger charge is -2.28. The predicted octanol–water partition coefficient (Wildman–Crippen LogP) is 4.33. The topological polar surface area (TPSA) is 54.9 Å². The van der Waals surface area contributed by atoms with E-state index in [-0.39, 0.29) is 36.1 Å². The van der Waals surface area contributed by atoms with Crippen molar-refractivity contribution in [2.45, 2.75) is 18.6 Å². The summed E-state index contributed by atoms with van der Waals surface area (Å²) in [5.74, 6) is 1.66. The summed E-state index contributed by atoms with van der Waals surface area (Å²) in [6, 6.07) is 16.0. The number of methoxy groups -OCH3 is 1. The molecule has 2 aromatic carbocycles. The van der Waals surface area contributed by atoms with Crippen LogP contribution >= 0.6 is 35.6 Å². The largest absolute Gasteiger partial charge is 0.493 e. The summed E-state index contributed by atoms with van der Waals surface area (Å²) in [6.07, 6.45) is 0.772. The van der Waals surface area contributed by atoms with Gasteiger partial charge in [0.05, 0.1) is 18.8 Å². The van der Waals surface area contributed by atoms with Gasteiger partial charge in [-0.1, -0.05) is 41.9 Å². The third kappa shape index (κ3) is 5.73. The van der Waals surface area contributed by atoms with Gasteiger partial charge in [-0.3, -0.25) is 4.99 Å². The summed E-state index contributed by atoms with van der Waals surface area (Å²) >= 11 is 6.09. The van der Waals surface area contributed by atoms with Gasteiger partial charge in [0.15, 0.2) is 5.96 Å². The molecule has 0 amide bonds. The quantitative estimate of drug-likeness (QED) is 0.364. The van der Waals surface area contributed by atoms with E-state index in [1.807, 2.05) is 42.5 Å². The van der Waals surface area contributed by atoms with Crippen molar-refractivity contribution in [3.05, 3.63) is 64.7 Å². The summed E-state index contributed by atoms with van der Waals surface area (Å²) in [4.78, 5) is 4.34. The second kappa shape index (κ2) is 10.7. The molecule has 0 fully saturated rings. The Morgan fingerprint density at radius 3 is 2.85 bits per heavy atom. The van der Waals surface area contributed by atoms with Gasteiger partial charge in [-0.2, -0.15) is 0 Å². The number of fused-ring (bicyclic) bond motifs is 1. The highest BCUT2D eigenvalue weighted by Gasteiger charge is 2.22. The lowest BCUT2D eigenvalue weighted by molar-refractivity contribution is 0.106. The van der Waals surface area contributed by atoms with E-state index in [0.29, 0.717) is 18.2 Å². The molecule has 1 aliphatic rings. The lowest BCUT2D eigenvalue weighted by Crippen LogP contribution is -2.42. The molecule has 2 aromatic rings. The van der Waals surface area contributed by atoms with Crippen LogP contribution in [0.4, 0.5) is 0 Å². The number of hydrogen-bond acceptors (Lipinski definition) is 3. The number of halogens is 2. The third-order valence-electron chi connectivity index (χ3n) is 4.45. The predicted molar refractivity (Wildman–Crippen MR) is 120 cm³/mol. The maximum Gasteiger partial charge on any atom is 0.191 e. The first kappa shape index (κ1) is 21.8. The van der Waals surface area contributed by atoms with Crippen LogP contribution in [0.15, 0.2) is 53.5 Å². The van der Waals surface area contributed by atoms with Crippen LogP contribution in [0.2, 0.25) is 5.02 Å². The summed E-state index contributed by atoms with van der Waals surface area (Å²) in [6.45, 7) is 1.27. The highest BCUT2D eigenvalue weighted by Crippen LogP contribution is 2.31. The molecule has 0 aliphatic carbocycles. The molecule has 2 unspecified atom stereocenters. The number of guanidine groups is 1. The maximum atomic E-state index is 6.09. The Morgan fingerprint density at radius 2 is 2.11 bits per heavy atom. The van der Waals surface area contributed by atoms with Gasteiger partial charge in [-0.25, -0.2) is 0 Å². The minimum absolute atomic E-state index is 0. The summed E-state index contributed by atoms with van der Waals surface area (Å²) in [5, 5.41) is 7.53. The fourth-order valence-electron chi connectivity index (χ4n) is 3.09. The van der Waals surface area contributed by atoms with E-state index in [1.165, 1.54) is 0 Å². The molecule has 1 heterocycles. The van der Waals surface area contributed by atoms with E-state index in [2.05, 4.69) is 21.7 Å². The molecular weight excluding hydrogens is 477 g/mol. The number of nitrogens with zero attached hydrogens (tertiary/aromatic N) is 1. The Morgan fingerprint density at radius 1 is 1.30 bits per heavy atom. The zero-order chi connectivity index (χ0) is 18.4. The standard InChI is InChI=1S/C20H24ClN3O2.HI/c1-22-20(23-13-19(25-2)14-6-5-7-15(21)12-14)24-17-10-11-26-18-9-4-3-8-16(17)18;/h3-9,12,17,19H,10-11,13H2,1-2H3,(H2,22,23,24);1H. The molecule has 0 saturated carbocycles. The first-order chi connectivity index (χ1) is 12.7. The molecule has 146 valence electrons. The zero-order valence-corrected chi connectivity index (χ0v) is 18.5. The first-order valence-electron chi connectivity index (χ1n) is 8.68. The number of aliphatic imine (C=N–C) groups is 1. The summed E-state index contributed by atoms with van der Waals surface area (Å²) < 4.78 is 11.3. The minimum Gasteiger partial charge on any atom is -0.493 e. The van der Waals surface area contributed by atoms with E-state index >= 15 is 0 Å². The molecule has 0 aromatic heterocycles. The van der Waals surface area contributed by atoms with Gasteiger partial charge in [-0.05, 0) is 23.8 Å². The van der Waals surface area contributed by atoms with Gasteiger partial charge < -0.3 is 20.1 Å². The van der Waals surface area contributed by atoms with Crippen molar-refractivity contribution in [3.8, 4) is 5.75 Å². The van der Waals surface area contributed by atoms with Crippen molar-refractivity contribution in [1.29, 1.82) is 0 Å². The second-order valence-electron chi connectivity index (χ2n) is 6.10. The molecule has 1 aliphatic heterocycles. The van der Waals surface area contributed by atoms with Gasteiger partial charge in [0, 0.05) is 37.7 Å². The van der Waals surface area contributed by atoms with Crippen LogP contribution in [0, 0.1) is 0 Å². The molecule has 5 nitrogen and oxygen atoms in total. The van der Waals surface area contributed by atoms with Crippen molar-refractivity contribution in [2.75, 3.05) is 27.3 Å². The van der Waals surface area contributed by atoms with Gasteiger partial charge in [0.25, 0.3) is 0 Å². The molecule has 27 heavy (non-hydrogen) atoms. The molecule has 3 rings (SSSR count). The van der Waals surface area contributed by atoms with Crippen molar-refractivity contribution in [1.82, 2.24) is 10.6 Å². The first-order valence-corrected chi connectivity index (χ1v) is 9.06. The number of rotatable bonds is 5. The van der Waals surface area contributed by atoms with E-state index in [0.717, 1.165) is 29.3 Å². The van der Waals surface area contributed by atoms with Gasteiger partial charge in [-0.15, -0.1) is 24.0 Å². The number of para-hydroxylation sites is 1. The molecule has 7 heteroatoms. The molecule has 0 spiro atoms. The van der Waals surface area contributed by atoms with Gasteiger partial charge in [0.1, 0.15) is 5.75 Å². The van der Waals surface area contributed by atoms with Crippen molar-refractivity contribution in [3.63, 3.8) is 0 Å². The maximum absolute atomic E-state index is 6.09. The van der Waals surface area contributed by atoms with Crippen molar-refractivity contribution in [2.24, 2.45) is 4.99 Å². The number of benzene rings is 2.